The second kappa shape index (κ2) is 16.5. The smallest absolute Gasteiger partial charge is 0.0727 e. The van der Waals surface area contributed by atoms with Gasteiger partial charge >= 0.3 is 0 Å². The van der Waals surface area contributed by atoms with Crippen molar-refractivity contribution in [2.45, 2.75) is 10.8 Å². The van der Waals surface area contributed by atoms with Gasteiger partial charge in [-0.05, 0) is 133 Å². The molecular formula is C72H48N2. The third-order valence-electron chi connectivity index (χ3n) is 16.3. The first-order valence-corrected chi connectivity index (χ1v) is 25.8. The Morgan fingerprint density at radius 1 is 0.243 bits per heavy atom. The molecule has 0 aromatic heterocycles. The van der Waals surface area contributed by atoms with Crippen LogP contribution in [0.4, 0.5) is 34.1 Å². The average molecular weight is 941 g/mol. The first kappa shape index (κ1) is 42.2. The molecular weight excluding hydrogens is 893 g/mol. The maximum Gasteiger partial charge on any atom is 0.0727 e. The molecule has 15 rings (SSSR count). The van der Waals surface area contributed by atoms with Crippen LogP contribution in [0.5, 0.6) is 0 Å². The average Bonchev–Trinajstić information content (AvgIpc) is 4.21. The topological polar surface area (TPSA) is 6.48 Å². The van der Waals surface area contributed by atoms with E-state index in [1.54, 1.807) is 0 Å². The van der Waals surface area contributed by atoms with Crippen LogP contribution in [0.25, 0.3) is 44.2 Å². The Hall–Kier alpha value is -9.50. The third-order valence-corrected chi connectivity index (χ3v) is 16.3. The summed E-state index contributed by atoms with van der Waals surface area (Å²) in [5.41, 5.74) is 23.3. The van der Waals surface area contributed by atoms with Gasteiger partial charge < -0.3 is 9.80 Å². The van der Waals surface area contributed by atoms with E-state index in [9.17, 15) is 0 Å². The lowest BCUT2D eigenvalue weighted by atomic mass is 9.68. The molecule has 0 bridgehead atoms. The summed E-state index contributed by atoms with van der Waals surface area (Å²) < 4.78 is 0. The van der Waals surface area contributed by atoms with Crippen molar-refractivity contribution in [3.05, 3.63) is 336 Å². The predicted molar refractivity (Wildman–Crippen MR) is 307 cm³/mol. The van der Waals surface area contributed by atoms with Crippen LogP contribution in [-0.4, -0.2) is 0 Å². The van der Waals surface area contributed by atoms with E-state index in [4.69, 9.17) is 0 Å². The molecule has 0 saturated carbocycles. The number of fused-ring (bicyclic) bond motifs is 14. The lowest BCUT2D eigenvalue weighted by Crippen LogP contribution is -2.28. The Morgan fingerprint density at radius 2 is 0.689 bits per heavy atom. The number of nitrogens with zero attached hydrogens (tertiary/aromatic N) is 2. The Kier molecular flexibility index (Phi) is 9.43. The van der Waals surface area contributed by atoms with Gasteiger partial charge in [0.1, 0.15) is 0 Å². The van der Waals surface area contributed by atoms with Crippen LogP contribution in [0.3, 0.4) is 0 Å². The molecule has 12 aromatic rings. The molecule has 0 aliphatic heterocycles. The summed E-state index contributed by atoms with van der Waals surface area (Å²) in [6.45, 7) is 0. The number of rotatable bonds is 8. The normalized spacial score (nSPS) is 14.9. The minimum absolute atomic E-state index is 0.563. The van der Waals surface area contributed by atoms with Crippen molar-refractivity contribution in [2.75, 3.05) is 9.80 Å². The Labute approximate surface area is 432 Å². The maximum absolute atomic E-state index is 2.61. The van der Waals surface area contributed by atoms with Gasteiger partial charge in [0.05, 0.1) is 22.2 Å². The van der Waals surface area contributed by atoms with Crippen LogP contribution < -0.4 is 9.80 Å². The van der Waals surface area contributed by atoms with Crippen molar-refractivity contribution < 1.29 is 0 Å². The first-order valence-electron chi connectivity index (χ1n) is 25.8. The predicted octanol–water partition coefficient (Wildman–Crippen LogP) is 18.5. The van der Waals surface area contributed by atoms with Gasteiger partial charge in [0.15, 0.2) is 0 Å². The quantitative estimate of drug-likeness (QED) is 0.150. The van der Waals surface area contributed by atoms with Crippen LogP contribution >= 0.6 is 0 Å². The highest BCUT2D eigenvalue weighted by Gasteiger charge is 2.54. The van der Waals surface area contributed by atoms with Gasteiger partial charge in [-0.2, -0.15) is 0 Å². The van der Waals surface area contributed by atoms with Crippen molar-refractivity contribution in [2.24, 2.45) is 0 Å². The standard InChI is InChI=1S/C72H48N2/c1-6-26-50(27-7-1)71(51-28-8-2-9-29-51)62-41-22-19-38-59(62)68-64(71)43-24-44-67(68)74(54-34-14-5-15-35-54)70-56-36-17-16-25-49(56)47-66-69(70)60-39-20-23-42-63(60)72(66)61-40-21-18-37-57(61)58-46-45-55(48-65(58)72)73(52-30-10-3-11-31-52)53-32-12-4-13-33-53/h1-48H. The van der Waals surface area contributed by atoms with E-state index >= 15 is 0 Å². The minimum Gasteiger partial charge on any atom is -0.310 e. The summed E-state index contributed by atoms with van der Waals surface area (Å²) >= 11 is 0. The van der Waals surface area contributed by atoms with Gasteiger partial charge in [0.2, 0.25) is 0 Å². The number of anilines is 6. The third kappa shape index (κ3) is 5.82. The molecule has 0 heterocycles. The fraction of sp³-hybridized carbons (Fsp3) is 0.0278. The fourth-order valence-electron chi connectivity index (χ4n) is 13.5. The number of hydrogen-bond donors (Lipinski definition) is 0. The summed E-state index contributed by atoms with van der Waals surface area (Å²) in [5, 5.41) is 2.39. The molecule has 74 heavy (non-hydrogen) atoms. The maximum atomic E-state index is 2.61. The van der Waals surface area contributed by atoms with E-state index in [-0.39, 0.29) is 0 Å². The molecule has 2 heteroatoms. The van der Waals surface area contributed by atoms with Crippen LogP contribution in [0.2, 0.25) is 0 Å². The van der Waals surface area contributed by atoms with E-state index in [0.717, 1.165) is 28.4 Å². The molecule has 0 fully saturated rings. The van der Waals surface area contributed by atoms with E-state index in [1.165, 1.54) is 94.3 Å². The van der Waals surface area contributed by atoms with Crippen LogP contribution in [0.15, 0.2) is 291 Å². The zero-order chi connectivity index (χ0) is 48.8. The van der Waals surface area contributed by atoms with Crippen molar-refractivity contribution in [1.29, 1.82) is 0 Å². The summed E-state index contributed by atoms with van der Waals surface area (Å²) in [5.74, 6) is 0. The van der Waals surface area contributed by atoms with Crippen molar-refractivity contribution >= 4 is 44.9 Å². The zero-order valence-corrected chi connectivity index (χ0v) is 40.6. The summed E-state index contributed by atoms with van der Waals surface area (Å²) in [4.78, 5) is 5.02. The van der Waals surface area contributed by atoms with Crippen LogP contribution in [-0.2, 0) is 10.8 Å². The summed E-state index contributed by atoms with van der Waals surface area (Å²) in [7, 11) is 0. The first-order chi connectivity index (χ1) is 36.8. The Bertz CT molecular complexity index is 4050. The molecule has 0 radical (unpaired) electrons. The van der Waals surface area contributed by atoms with Gasteiger partial charge in [-0.3, -0.25) is 0 Å². The molecule has 0 saturated heterocycles. The van der Waals surface area contributed by atoms with Crippen molar-refractivity contribution in [3.8, 4) is 33.4 Å². The van der Waals surface area contributed by atoms with Crippen molar-refractivity contribution in [1.82, 2.24) is 0 Å². The molecule has 3 aliphatic rings. The number of para-hydroxylation sites is 3. The Morgan fingerprint density at radius 3 is 1.30 bits per heavy atom. The van der Waals surface area contributed by atoms with E-state index in [2.05, 4.69) is 301 Å². The lowest BCUT2D eigenvalue weighted by Gasteiger charge is -2.35. The minimum atomic E-state index is -0.644. The monoisotopic (exact) mass is 940 g/mol. The highest BCUT2D eigenvalue weighted by Crippen LogP contribution is 2.67. The molecule has 1 unspecified atom stereocenters. The summed E-state index contributed by atoms with van der Waals surface area (Å²) in [6.07, 6.45) is 0. The molecule has 3 aliphatic carbocycles. The Balaban J connectivity index is 1.06. The largest absolute Gasteiger partial charge is 0.310 e. The van der Waals surface area contributed by atoms with E-state index in [0.29, 0.717) is 0 Å². The highest BCUT2D eigenvalue weighted by molar-refractivity contribution is 6.13. The number of hydrogen-bond acceptors (Lipinski definition) is 2. The molecule has 346 valence electrons. The second-order valence-electron chi connectivity index (χ2n) is 19.8. The molecule has 1 spiro atoms. The zero-order valence-electron chi connectivity index (χ0n) is 40.6. The molecule has 0 N–H and O–H groups in total. The fourth-order valence-corrected chi connectivity index (χ4v) is 13.5. The molecule has 2 nitrogen and oxygen atoms in total. The second-order valence-corrected chi connectivity index (χ2v) is 19.8. The SMILES string of the molecule is c1ccc(N(c2ccccc2)c2ccc3c(c2)C2(c4ccccc4-3)c3ccccc3-c3c2cc2ccccc2c3N(c2ccccc2)c2cccc3c2-c2ccccc2C3(c2ccccc2)c2ccccc2)cc1. The van der Waals surface area contributed by atoms with Gasteiger partial charge in [0.25, 0.3) is 0 Å². The summed E-state index contributed by atoms with van der Waals surface area (Å²) in [6, 6.07) is 108. The van der Waals surface area contributed by atoms with Gasteiger partial charge in [-0.1, -0.05) is 231 Å². The lowest BCUT2D eigenvalue weighted by molar-refractivity contribution is 0.768. The number of benzene rings is 12. The van der Waals surface area contributed by atoms with Gasteiger partial charge in [-0.15, -0.1) is 0 Å². The molecule has 12 aromatic carbocycles. The van der Waals surface area contributed by atoms with Crippen LogP contribution in [0.1, 0.15) is 44.5 Å². The highest BCUT2D eigenvalue weighted by atomic mass is 15.2. The molecule has 0 amide bonds. The van der Waals surface area contributed by atoms with E-state index < -0.39 is 10.8 Å². The van der Waals surface area contributed by atoms with Crippen LogP contribution in [0, 0.1) is 0 Å². The van der Waals surface area contributed by atoms with Gasteiger partial charge in [0, 0.05) is 39.3 Å². The van der Waals surface area contributed by atoms with E-state index in [1.807, 2.05) is 0 Å². The van der Waals surface area contributed by atoms with Gasteiger partial charge in [-0.25, -0.2) is 0 Å². The van der Waals surface area contributed by atoms with Crippen molar-refractivity contribution in [3.63, 3.8) is 0 Å². The molecule has 1 atom stereocenters.